The number of aromatic nitrogens is 1. The van der Waals surface area contributed by atoms with E-state index in [9.17, 15) is 4.79 Å². The van der Waals surface area contributed by atoms with Crippen LogP contribution in [0.5, 0.6) is 0 Å². The number of rotatable bonds is 6. The second kappa shape index (κ2) is 7.18. The molecule has 2 heterocycles. The first kappa shape index (κ1) is 16.7. The highest BCUT2D eigenvalue weighted by atomic mass is 127. The van der Waals surface area contributed by atoms with Crippen LogP contribution in [0, 0.1) is 3.57 Å². The zero-order chi connectivity index (χ0) is 16.3. The van der Waals surface area contributed by atoms with Crippen LogP contribution in [-0.4, -0.2) is 17.5 Å². The van der Waals surface area contributed by atoms with E-state index in [1.54, 1.807) is 0 Å². The molecular weight excluding hydrogens is 401 g/mol. The summed E-state index contributed by atoms with van der Waals surface area (Å²) in [6.07, 6.45) is 4.22. The molecule has 1 unspecified atom stereocenters. The Bertz CT molecular complexity index is 680. The maximum absolute atomic E-state index is 11.3. The standard InChI is InChI=1S/C19H22INO2/c1-2-19(14-23-13-15-7-4-3-5-8-15)9-6-10-21-16(12-22)11-17(20)18(19)21/h3-5,7-8,11-12H,2,6,9-10,13-14H2,1H3. The van der Waals surface area contributed by atoms with E-state index in [4.69, 9.17) is 4.74 Å². The Hall–Kier alpha value is -1.14. The second-order valence-electron chi connectivity index (χ2n) is 6.25. The molecule has 1 aromatic heterocycles. The fraction of sp³-hybridized carbons (Fsp3) is 0.421. The molecule has 0 spiro atoms. The predicted octanol–water partition coefficient (Wildman–Crippen LogP) is 4.56. The van der Waals surface area contributed by atoms with E-state index in [2.05, 4.69) is 46.2 Å². The normalized spacial score (nSPS) is 20.3. The fourth-order valence-electron chi connectivity index (χ4n) is 3.63. The summed E-state index contributed by atoms with van der Waals surface area (Å²) in [6, 6.07) is 12.3. The van der Waals surface area contributed by atoms with E-state index in [-0.39, 0.29) is 5.41 Å². The van der Waals surface area contributed by atoms with Crippen LogP contribution in [0.2, 0.25) is 0 Å². The molecular formula is C19H22INO2. The van der Waals surface area contributed by atoms with Crippen molar-refractivity contribution in [1.29, 1.82) is 0 Å². The molecule has 0 saturated heterocycles. The SMILES string of the molecule is CCC1(COCc2ccccc2)CCCn2c(C=O)cc(I)c21. The lowest BCUT2D eigenvalue weighted by Gasteiger charge is -2.38. The molecule has 1 aliphatic heterocycles. The van der Waals surface area contributed by atoms with Gasteiger partial charge in [-0.3, -0.25) is 4.79 Å². The molecule has 0 bridgehead atoms. The Kier molecular flexibility index (Phi) is 5.21. The van der Waals surface area contributed by atoms with Crippen molar-refractivity contribution in [2.45, 2.75) is 44.8 Å². The van der Waals surface area contributed by atoms with E-state index in [1.807, 2.05) is 24.3 Å². The minimum Gasteiger partial charge on any atom is -0.376 e. The lowest BCUT2D eigenvalue weighted by atomic mass is 9.76. The van der Waals surface area contributed by atoms with Crippen LogP contribution in [0.3, 0.4) is 0 Å². The van der Waals surface area contributed by atoms with Gasteiger partial charge in [0.05, 0.1) is 18.9 Å². The van der Waals surface area contributed by atoms with Crippen LogP contribution in [0.4, 0.5) is 0 Å². The number of hydrogen-bond donors (Lipinski definition) is 0. The number of nitrogens with zero attached hydrogens (tertiary/aromatic N) is 1. The Morgan fingerprint density at radius 1 is 1.35 bits per heavy atom. The fourth-order valence-corrected chi connectivity index (χ4v) is 4.81. The van der Waals surface area contributed by atoms with Gasteiger partial charge in [-0.05, 0) is 53.5 Å². The summed E-state index contributed by atoms with van der Waals surface area (Å²) < 4.78 is 9.49. The van der Waals surface area contributed by atoms with Gasteiger partial charge in [0.15, 0.2) is 6.29 Å². The summed E-state index contributed by atoms with van der Waals surface area (Å²) in [5, 5.41) is 0. The summed E-state index contributed by atoms with van der Waals surface area (Å²) in [6.45, 7) is 4.51. The second-order valence-corrected chi connectivity index (χ2v) is 7.41. The summed E-state index contributed by atoms with van der Waals surface area (Å²) in [4.78, 5) is 11.3. The van der Waals surface area contributed by atoms with Gasteiger partial charge in [0.2, 0.25) is 0 Å². The van der Waals surface area contributed by atoms with E-state index in [0.29, 0.717) is 13.2 Å². The largest absolute Gasteiger partial charge is 0.376 e. The Labute approximate surface area is 151 Å². The lowest BCUT2D eigenvalue weighted by molar-refractivity contribution is 0.0541. The molecule has 0 N–H and O–H groups in total. The van der Waals surface area contributed by atoms with Gasteiger partial charge >= 0.3 is 0 Å². The van der Waals surface area contributed by atoms with Crippen LogP contribution < -0.4 is 0 Å². The van der Waals surface area contributed by atoms with Gasteiger partial charge in [0.1, 0.15) is 0 Å². The van der Waals surface area contributed by atoms with Crippen molar-refractivity contribution in [3.05, 3.63) is 56.9 Å². The molecule has 3 rings (SSSR count). The van der Waals surface area contributed by atoms with E-state index in [1.165, 1.54) is 14.8 Å². The molecule has 122 valence electrons. The molecule has 2 aromatic rings. The molecule has 0 amide bonds. The lowest BCUT2D eigenvalue weighted by Crippen LogP contribution is -2.38. The van der Waals surface area contributed by atoms with Crippen molar-refractivity contribution < 1.29 is 9.53 Å². The average Bonchev–Trinajstić information content (AvgIpc) is 2.93. The number of benzene rings is 1. The average molecular weight is 423 g/mol. The maximum Gasteiger partial charge on any atom is 0.166 e. The highest BCUT2D eigenvalue weighted by molar-refractivity contribution is 14.1. The molecule has 1 aliphatic rings. The number of aldehydes is 1. The number of hydrogen-bond acceptors (Lipinski definition) is 2. The van der Waals surface area contributed by atoms with Gasteiger partial charge in [-0.1, -0.05) is 37.3 Å². The third-order valence-corrected chi connectivity index (χ3v) is 5.73. The zero-order valence-electron chi connectivity index (χ0n) is 13.4. The third-order valence-electron chi connectivity index (χ3n) is 4.91. The van der Waals surface area contributed by atoms with Crippen LogP contribution in [0.25, 0.3) is 0 Å². The molecule has 0 saturated carbocycles. The van der Waals surface area contributed by atoms with Crippen LogP contribution >= 0.6 is 22.6 Å². The molecule has 0 fully saturated rings. The highest BCUT2D eigenvalue weighted by Gasteiger charge is 2.38. The van der Waals surface area contributed by atoms with Crippen molar-refractivity contribution in [2.75, 3.05) is 6.61 Å². The van der Waals surface area contributed by atoms with Crippen LogP contribution in [-0.2, 0) is 23.3 Å². The van der Waals surface area contributed by atoms with E-state index < -0.39 is 0 Å². The monoisotopic (exact) mass is 423 g/mol. The quantitative estimate of drug-likeness (QED) is 0.504. The van der Waals surface area contributed by atoms with Crippen molar-refractivity contribution >= 4 is 28.9 Å². The summed E-state index contributed by atoms with van der Waals surface area (Å²) >= 11 is 2.36. The van der Waals surface area contributed by atoms with Gasteiger partial charge in [-0.15, -0.1) is 0 Å². The first-order chi connectivity index (χ1) is 11.2. The maximum atomic E-state index is 11.3. The van der Waals surface area contributed by atoms with E-state index in [0.717, 1.165) is 37.8 Å². The number of carbonyl (C=O) groups excluding carboxylic acids is 1. The van der Waals surface area contributed by atoms with Gasteiger partial charge in [0.25, 0.3) is 0 Å². The van der Waals surface area contributed by atoms with Gasteiger partial charge in [-0.25, -0.2) is 0 Å². The van der Waals surface area contributed by atoms with Crippen molar-refractivity contribution in [1.82, 2.24) is 4.57 Å². The Morgan fingerprint density at radius 3 is 2.83 bits per heavy atom. The number of fused-ring (bicyclic) bond motifs is 1. The van der Waals surface area contributed by atoms with Crippen molar-refractivity contribution in [3.63, 3.8) is 0 Å². The van der Waals surface area contributed by atoms with Crippen molar-refractivity contribution in [2.24, 2.45) is 0 Å². The molecule has 0 radical (unpaired) electrons. The van der Waals surface area contributed by atoms with Crippen LogP contribution in [0.15, 0.2) is 36.4 Å². The Morgan fingerprint density at radius 2 is 2.13 bits per heavy atom. The molecule has 1 atom stereocenters. The minimum absolute atomic E-state index is 0.0187. The zero-order valence-corrected chi connectivity index (χ0v) is 15.6. The molecule has 3 nitrogen and oxygen atoms in total. The van der Waals surface area contributed by atoms with Gasteiger partial charge in [-0.2, -0.15) is 0 Å². The van der Waals surface area contributed by atoms with Gasteiger partial charge in [0, 0.05) is 21.2 Å². The number of halogens is 1. The molecule has 23 heavy (non-hydrogen) atoms. The first-order valence-corrected chi connectivity index (χ1v) is 9.24. The summed E-state index contributed by atoms with van der Waals surface area (Å²) in [5.74, 6) is 0. The molecule has 1 aromatic carbocycles. The van der Waals surface area contributed by atoms with Crippen molar-refractivity contribution in [3.8, 4) is 0 Å². The topological polar surface area (TPSA) is 31.2 Å². The van der Waals surface area contributed by atoms with Crippen LogP contribution in [0.1, 0.15) is 47.9 Å². The highest BCUT2D eigenvalue weighted by Crippen LogP contribution is 2.41. The Balaban J connectivity index is 1.82. The number of ether oxygens (including phenoxy) is 1. The molecule has 4 heteroatoms. The third kappa shape index (κ3) is 3.24. The smallest absolute Gasteiger partial charge is 0.166 e. The first-order valence-electron chi connectivity index (χ1n) is 8.16. The van der Waals surface area contributed by atoms with Gasteiger partial charge < -0.3 is 9.30 Å². The predicted molar refractivity (Wildman–Crippen MR) is 99.8 cm³/mol. The van der Waals surface area contributed by atoms with E-state index >= 15 is 0 Å². The summed E-state index contributed by atoms with van der Waals surface area (Å²) in [7, 11) is 0. The molecule has 0 aliphatic carbocycles. The number of carbonyl (C=O) groups is 1. The summed E-state index contributed by atoms with van der Waals surface area (Å²) in [5.41, 5.74) is 3.31. The minimum atomic E-state index is 0.0187.